The molecule has 1 heterocycles. The monoisotopic (exact) mass is 408 g/mol. The standard InChI is InChI=1S/C26H36N2O2/c1-5-28-15-18(16(2)27-28)12-17-13-23-21-7-6-19-14-20(29)8-10-25(19,3)22(21)9-11-26(23,4)24(17)30/h6,12,15,20-23,29H,5,7-11,13-14H2,1-4H3/b17-12-/t20-,21-,22-,23+,25+,26+/m1/s1. The molecule has 0 bridgehead atoms. The van der Waals surface area contributed by atoms with Crippen molar-refractivity contribution in [2.75, 3.05) is 0 Å². The Morgan fingerprint density at radius 1 is 1.20 bits per heavy atom. The number of aliphatic hydroxyl groups is 1. The highest BCUT2D eigenvalue weighted by Crippen LogP contribution is 2.64. The van der Waals surface area contributed by atoms with Crippen molar-refractivity contribution >= 4 is 11.9 Å². The highest BCUT2D eigenvalue weighted by molar-refractivity contribution is 6.06. The molecule has 30 heavy (non-hydrogen) atoms. The molecule has 5 rings (SSSR count). The van der Waals surface area contributed by atoms with Crippen LogP contribution < -0.4 is 0 Å². The summed E-state index contributed by atoms with van der Waals surface area (Å²) in [5.41, 5.74) is 4.62. The summed E-state index contributed by atoms with van der Waals surface area (Å²) in [6, 6.07) is 0. The van der Waals surface area contributed by atoms with E-state index in [0.717, 1.165) is 68.3 Å². The Kier molecular flexibility index (Phi) is 4.66. The first-order chi connectivity index (χ1) is 14.3. The molecule has 4 aliphatic carbocycles. The van der Waals surface area contributed by atoms with Gasteiger partial charge in [-0.15, -0.1) is 0 Å². The highest BCUT2D eigenvalue weighted by atomic mass is 16.3. The molecule has 0 unspecified atom stereocenters. The van der Waals surface area contributed by atoms with Crippen LogP contribution in [0.4, 0.5) is 0 Å². The Hall–Kier alpha value is -1.68. The lowest BCUT2D eigenvalue weighted by atomic mass is 9.48. The topological polar surface area (TPSA) is 55.1 Å². The summed E-state index contributed by atoms with van der Waals surface area (Å²) in [4.78, 5) is 13.6. The molecule has 6 atom stereocenters. The van der Waals surface area contributed by atoms with Crippen LogP contribution in [0.15, 0.2) is 23.4 Å². The zero-order valence-electron chi connectivity index (χ0n) is 18.9. The number of aryl methyl sites for hydroxylation is 2. The van der Waals surface area contributed by atoms with Crippen molar-refractivity contribution in [3.05, 3.63) is 34.7 Å². The fourth-order valence-electron chi connectivity index (χ4n) is 7.47. The SMILES string of the molecule is CCn1cc(/C=C2/C[C@H]3[C@@H]4CC=C5C[C@H](O)CC[C@]5(C)[C@@H]4CC[C@]3(C)C2=O)c(C)n1. The van der Waals surface area contributed by atoms with Gasteiger partial charge in [0.25, 0.3) is 0 Å². The van der Waals surface area contributed by atoms with Crippen LogP contribution in [-0.2, 0) is 11.3 Å². The van der Waals surface area contributed by atoms with Gasteiger partial charge in [0.05, 0.1) is 11.8 Å². The summed E-state index contributed by atoms with van der Waals surface area (Å²) in [6.45, 7) is 9.67. The Morgan fingerprint density at radius 2 is 1.97 bits per heavy atom. The quantitative estimate of drug-likeness (QED) is 0.547. The van der Waals surface area contributed by atoms with E-state index in [-0.39, 0.29) is 16.9 Å². The van der Waals surface area contributed by atoms with Gasteiger partial charge in [-0.05, 0) is 93.6 Å². The Bertz CT molecular complexity index is 941. The molecule has 0 amide bonds. The van der Waals surface area contributed by atoms with E-state index in [1.54, 1.807) is 0 Å². The maximum Gasteiger partial charge on any atom is 0.165 e. The summed E-state index contributed by atoms with van der Waals surface area (Å²) in [5.74, 6) is 2.06. The Labute approximate surface area is 180 Å². The average molecular weight is 409 g/mol. The van der Waals surface area contributed by atoms with Gasteiger partial charge in [-0.2, -0.15) is 5.10 Å². The number of carbonyl (C=O) groups is 1. The fraction of sp³-hybridized carbons (Fsp3) is 0.692. The molecule has 4 nitrogen and oxygen atoms in total. The zero-order valence-corrected chi connectivity index (χ0v) is 18.9. The van der Waals surface area contributed by atoms with Crippen LogP contribution >= 0.6 is 0 Å². The van der Waals surface area contributed by atoms with Gasteiger partial charge in [-0.25, -0.2) is 0 Å². The third-order valence-corrected chi connectivity index (χ3v) is 9.36. The first-order valence-corrected chi connectivity index (χ1v) is 11.9. The molecule has 0 radical (unpaired) electrons. The molecule has 1 aromatic rings. The van der Waals surface area contributed by atoms with Crippen LogP contribution in [0.25, 0.3) is 6.08 Å². The van der Waals surface area contributed by atoms with Crippen molar-refractivity contribution < 1.29 is 9.90 Å². The second kappa shape index (κ2) is 6.91. The molecule has 0 saturated heterocycles. The number of rotatable bonds is 2. The van der Waals surface area contributed by atoms with E-state index in [1.807, 2.05) is 11.6 Å². The summed E-state index contributed by atoms with van der Waals surface area (Å²) in [7, 11) is 0. The minimum Gasteiger partial charge on any atom is -0.393 e. The second-order valence-corrected chi connectivity index (χ2v) is 10.8. The van der Waals surface area contributed by atoms with Gasteiger partial charge in [-0.3, -0.25) is 9.48 Å². The van der Waals surface area contributed by atoms with Gasteiger partial charge in [0, 0.05) is 23.7 Å². The summed E-state index contributed by atoms with van der Waals surface area (Å²) in [6.07, 6.45) is 13.5. The number of nitrogens with zero attached hydrogens (tertiary/aromatic N) is 2. The van der Waals surface area contributed by atoms with Crippen molar-refractivity contribution in [3.63, 3.8) is 0 Å². The lowest BCUT2D eigenvalue weighted by molar-refractivity contribution is -0.130. The van der Waals surface area contributed by atoms with Crippen LogP contribution in [0, 0.1) is 35.5 Å². The maximum atomic E-state index is 13.6. The predicted octanol–water partition coefficient (Wildman–Crippen LogP) is 5.10. The molecule has 3 saturated carbocycles. The molecule has 0 spiro atoms. The fourth-order valence-corrected chi connectivity index (χ4v) is 7.47. The Morgan fingerprint density at radius 3 is 2.70 bits per heavy atom. The highest BCUT2D eigenvalue weighted by Gasteiger charge is 2.59. The molecule has 4 heteroatoms. The predicted molar refractivity (Wildman–Crippen MR) is 119 cm³/mol. The number of aromatic nitrogens is 2. The van der Waals surface area contributed by atoms with Gasteiger partial charge >= 0.3 is 0 Å². The van der Waals surface area contributed by atoms with E-state index in [0.29, 0.717) is 23.5 Å². The maximum absolute atomic E-state index is 13.6. The number of allylic oxidation sites excluding steroid dienone is 2. The third-order valence-electron chi connectivity index (χ3n) is 9.36. The molecular weight excluding hydrogens is 372 g/mol. The summed E-state index contributed by atoms with van der Waals surface area (Å²) < 4.78 is 1.96. The number of fused-ring (bicyclic) bond motifs is 5. The molecule has 4 aliphatic rings. The van der Waals surface area contributed by atoms with E-state index in [9.17, 15) is 9.90 Å². The number of hydrogen-bond donors (Lipinski definition) is 1. The Balaban J connectivity index is 1.48. The molecule has 162 valence electrons. The van der Waals surface area contributed by atoms with Crippen LogP contribution in [0.2, 0.25) is 0 Å². The molecule has 1 aromatic heterocycles. The zero-order chi connectivity index (χ0) is 21.3. The van der Waals surface area contributed by atoms with Crippen LogP contribution in [0.3, 0.4) is 0 Å². The first-order valence-electron chi connectivity index (χ1n) is 11.9. The third kappa shape index (κ3) is 2.82. The van der Waals surface area contributed by atoms with Crippen LogP contribution in [0.5, 0.6) is 0 Å². The average Bonchev–Trinajstić information content (AvgIpc) is 3.20. The van der Waals surface area contributed by atoms with Crippen LogP contribution in [0.1, 0.15) is 77.0 Å². The first kappa shape index (κ1) is 20.2. The van der Waals surface area contributed by atoms with Gasteiger partial charge in [0.2, 0.25) is 0 Å². The number of aliphatic hydroxyl groups excluding tert-OH is 1. The number of carbonyl (C=O) groups excluding carboxylic acids is 1. The minimum absolute atomic E-state index is 0.162. The van der Waals surface area contributed by atoms with E-state index < -0.39 is 0 Å². The second-order valence-electron chi connectivity index (χ2n) is 10.8. The van der Waals surface area contributed by atoms with Gasteiger partial charge < -0.3 is 5.11 Å². The van der Waals surface area contributed by atoms with E-state index in [1.165, 1.54) is 5.57 Å². The van der Waals surface area contributed by atoms with Crippen molar-refractivity contribution in [2.24, 2.45) is 28.6 Å². The van der Waals surface area contributed by atoms with Gasteiger partial charge in [0.15, 0.2) is 5.78 Å². The van der Waals surface area contributed by atoms with E-state index in [2.05, 4.69) is 44.2 Å². The smallest absolute Gasteiger partial charge is 0.165 e. The number of ketones is 1. The normalized spacial score (nSPS) is 42.0. The van der Waals surface area contributed by atoms with Crippen molar-refractivity contribution in [1.82, 2.24) is 9.78 Å². The van der Waals surface area contributed by atoms with E-state index >= 15 is 0 Å². The molecule has 3 fully saturated rings. The van der Waals surface area contributed by atoms with Crippen LogP contribution in [-0.4, -0.2) is 26.8 Å². The number of Topliss-reactive ketones (excluding diaryl/α,β-unsaturated/α-hetero) is 1. The molecule has 1 N–H and O–H groups in total. The van der Waals surface area contributed by atoms with Gasteiger partial charge in [-0.1, -0.05) is 25.5 Å². The lowest BCUT2D eigenvalue weighted by Crippen LogP contribution is -2.50. The summed E-state index contributed by atoms with van der Waals surface area (Å²) >= 11 is 0. The molecular formula is C26H36N2O2. The number of hydrogen-bond acceptors (Lipinski definition) is 3. The molecule has 0 aliphatic heterocycles. The van der Waals surface area contributed by atoms with E-state index in [4.69, 9.17) is 0 Å². The minimum atomic E-state index is -0.211. The van der Waals surface area contributed by atoms with Crippen molar-refractivity contribution in [2.45, 2.75) is 85.3 Å². The van der Waals surface area contributed by atoms with Crippen molar-refractivity contribution in [3.8, 4) is 0 Å². The van der Waals surface area contributed by atoms with Crippen molar-refractivity contribution in [1.29, 1.82) is 0 Å². The largest absolute Gasteiger partial charge is 0.393 e. The molecule has 0 aromatic carbocycles. The van der Waals surface area contributed by atoms with Gasteiger partial charge in [0.1, 0.15) is 0 Å². The summed E-state index contributed by atoms with van der Waals surface area (Å²) in [5, 5.41) is 14.8. The lowest BCUT2D eigenvalue weighted by Gasteiger charge is -2.56.